The Kier molecular flexibility index (Phi) is 7.79. The molecule has 2 fully saturated rings. The molecule has 1 aromatic rings. The molecule has 1 saturated heterocycles. The Labute approximate surface area is 176 Å². The van der Waals surface area contributed by atoms with Gasteiger partial charge >= 0.3 is 0 Å². The molecule has 0 spiro atoms. The molecule has 1 aromatic carbocycles. The number of amides is 3. The number of hydrogen-bond acceptors (Lipinski definition) is 4. The summed E-state index contributed by atoms with van der Waals surface area (Å²) in [5.41, 5.74) is 0.322. The zero-order valence-corrected chi connectivity index (χ0v) is 17.4. The minimum atomic E-state index is -0.605. The Morgan fingerprint density at radius 1 is 1.20 bits per heavy atom. The summed E-state index contributed by atoms with van der Waals surface area (Å²) in [6.07, 6.45) is 3.64. The third-order valence-electron chi connectivity index (χ3n) is 5.72. The maximum Gasteiger partial charge on any atom is 0.253 e. The van der Waals surface area contributed by atoms with Crippen molar-refractivity contribution in [1.29, 1.82) is 0 Å². The van der Waals surface area contributed by atoms with E-state index in [1.54, 1.807) is 18.1 Å². The van der Waals surface area contributed by atoms with Crippen LogP contribution >= 0.6 is 0 Å². The largest absolute Gasteiger partial charge is 0.385 e. The van der Waals surface area contributed by atoms with Crippen LogP contribution in [0.15, 0.2) is 24.3 Å². The van der Waals surface area contributed by atoms with Crippen molar-refractivity contribution < 1.29 is 23.5 Å². The second kappa shape index (κ2) is 10.5. The summed E-state index contributed by atoms with van der Waals surface area (Å²) < 4.78 is 18.4. The number of likely N-dealkylation sites (tertiary alicyclic amines) is 1. The van der Waals surface area contributed by atoms with E-state index >= 15 is 0 Å². The van der Waals surface area contributed by atoms with Gasteiger partial charge in [0.15, 0.2) is 0 Å². The van der Waals surface area contributed by atoms with E-state index < -0.39 is 11.9 Å². The minimum absolute atomic E-state index is 0.0171. The van der Waals surface area contributed by atoms with Gasteiger partial charge in [0.1, 0.15) is 11.9 Å². The van der Waals surface area contributed by atoms with Crippen LogP contribution in [0.3, 0.4) is 0 Å². The molecule has 164 valence electrons. The number of hydrogen-bond donors (Lipinski definition) is 2. The van der Waals surface area contributed by atoms with Gasteiger partial charge in [-0.3, -0.25) is 14.4 Å². The standard InChI is InChI=1S/C22H30FN3O4/c1-30-13-3-10-24-21(28)19(25-20(27)16-6-7-16)15-8-11-26(12-9-15)22(29)17-4-2-5-18(23)14-17/h2,4-5,14-16,19H,3,6-13H2,1H3,(H,24,28)(H,25,27). The Morgan fingerprint density at radius 3 is 2.57 bits per heavy atom. The van der Waals surface area contributed by atoms with Gasteiger partial charge in [0.25, 0.3) is 5.91 Å². The quantitative estimate of drug-likeness (QED) is 0.597. The highest BCUT2D eigenvalue weighted by atomic mass is 19.1. The second-order valence-electron chi connectivity index (χ2n) is 8.04. The average Bonchev–Trinajstić information content (AvgIpc) is 3.60. The van der Waals surface area contributed by atoms with Crippen molar-refractivity contribution in [3.05, 3.63) is 35.6 Å². The van der Waals surface area contributed by atoms with Crippen molar-refractivity contribution >= 4 is 17.7 Å². The Balaban J connectivity index is 1.58. The smallest absolute Gasteiger partial charge is 0.253 e. The van der Waals surface area contributed by atoms with E-state index in [2.05, 4.69) is 10.6 Å². The van der Waals surface area contributed by atoms with E-state index in [9.17, 15) is 18.8 Å². The first-order valence-electron chi connectivity index (χ1n) is 10.6. The van der Waals surface area contributed by atoms with Crippen molar-refractivity contribution in [1.82, 2.24) is 15.5 Å². The molecule has 30 heavy (non-hydrogen) atoms. The first-order chi connectivity index (χ1) is 14.5. The van der Waals surface area contributed by atoms with E-state index in [4.69, 9.17) is 4.74 Å². The van der Waals surface area contributed by atoms with Crippen LogP contribution in [-0.2, 0) is 14.3 Å². The average molecular weight is 419 g/mol. The van der Waals surface area contributed by atoms with Crippen molar-refractivity contribution in [3.8, 4) is 0 Å². The zero-order valence-electron chi connectivity index (χ0n) is 17.4. The molecule has 7 nitrogen and oxygen atoms in total. The molecule has 1 saturated carbocycles. The fourth-order valence-corrected chi connectivity index (χ4v) is 3.79. The van der Waals surface area contributed by atoms with E-state index in [1.807, 2.05) is 0 Å². The predicted molar refractivity (Wildman–Crippen MR) is 109 cm³/mol. The number of rotatable bonds is 9. The molecule has 0 radical (unpaired) electrons. The van der Waals surface area contributed by atoms with Gasteiger partial charge in [-0.05, 0) is 56.2 Å². The first-order valence-corrected chi connectivity index (χ1v) is 10.6. The van der Waals surface area contributed by atoms with E-state index in [-0.39, 0.29) is 29.6 Å². The lowest BCUT2D eigenvalue weighted by atomic mass is 9.88. The fraction of sp³-hybridized carbons (Fsp3) is 0.591. The summed E-state index contributed by atoms with van der Waals surface area (Å²) in [5.74, 6) is -0.935. The number of ether oxygens (including phenoxy) is 1. The molecule has 8 heteroatoms. The lowest BCUT2D eigenvalue weighted by Gasteiger charge is -2.36. The van der Waals surface area contributed by atoms with E-state index in [0.29, 0.717) is 51.1 Å². The van der Waals surface area contributed by atoms with Gasteiger partial charge in [-0.15, -0.1) is 0 Å². The summed E-state index contributed by atoms with van der Waals surface area (Å²) in [6, 6.07) is 5.06. The fourth-order valence-electron chi connectivity index (χ4n) is 3.79. The number of piperidine rings is 1. The highest BCUT2D eigenvalue weighted by Gasteiger charge is 2.37. The van der Waals surface area contributed by atoms with Crippen molar-refractivity contribution in [2.45, 2.75) is 38.1 Å². The van der Waals surface area contributed by atoms with Crippen LogP contribution < -0.4 is 10.6 Å². The van der Waals surface area contributed by atoms with Crippen LogP contribution in [0.5, 0.6) is 0 Å². The normalized spacial score (nSPS) is 18.0. The predicted octanol–water partition coefficient (Wildman–Crippen LogP) is 1.73. The molecule has 2 N–H and O–H groups in total. The number of nitrogens with zero attached hydrogens (tertiary/aromatic N) is 1. The number of carbonyl (C=O) groups is 3. The van der Waals surface area contributed by atoms with Gasteiger partial charge in [0, 0.05) is 44.8 Å². The van der Waals surface area contributed by atoms with Gasteiger partial charge < -0.3 is 20.3 Å². The summed E-state index contributed by atoms with van der Waals surface area (Å²) in [4.78, 5) is 39.4. The molecular formula is C22H30FN3O4. The molecular weight excluding hydrogens is 389 g/mol. The highest BCUT2D eigenvalue weighted by molar-refractivity contribution is 5.94. The third-order valence-corrected chi connectivity index (χ3v) is 5.72. The lowest BCUT2D eigenvalue weighted by molar-refractivity contribution is -0.131. The maximum absolute atomic E-state index is 13.4. The topological polar surface area (TPSA) is 87.7 Å². The molecule has 1 unspecified atom stereocenters. The van der Waals surface area contributed by atoms with Crippen molar-refractivity contribution in [3.63, 3.8) is 0 Å². The van der Waals surface area contributed by atoms with Gasteiger partial charge in [-0.2, -0.15) is 0 Å². The van der Waals surface area contributed by atoms with E-state index in [0.717, 1.165) is 12.8 Å². The first kappa shape index (κ1) is 22.2. The van der Waals surface area contributed by atoms with Crippen LogP contribution in [0, 0.1) is 17.7 Å². The third kappa shape index (κ3) is 6.01. The molecule has 3 rings (SSSR count). The number of halogens is 1. The van der Waals surface area contributed by atoms with Crippen molar-refractivity contribution in [2.75, 3.05) is 33.4 Å². The second-order valence-corrected chi connectivity index (χ2v) is 8.04. The van der Waals surface area contributed by atoms with Crippen LogP contribution in [0.25, 0.3) is 0 Å². The van der Waals surface area contributed by atoms with Gasteiger partial charge in [0.2, 0.25) is 11.8 Å². The van der Waals surface area contributed by atoms with Crippen LogP contribution in [0.4, 0.5) is 4.39 Å². The van der Waals surface area contributed by atoms with Crippen molar-refractivity contribution in [2.24, 2.45) is 11.8 Å². The Hall–Kier alpha value is -2.48. The summed E-state index contributed by atoms with van der Waals surface area (Å²) in [7, 11) is 1.61. The lowest BCUT2D eigenvalue weighted by Crippen LogP contribution is -2.54. The van der Waals surface area contributed by atoms with Crippen LogP contribution in [0.1, 0.15) is 42.5 Å². The molecule has 2 aliphatic rings. The highest BCUT2D eigenvalue weighted by Crippen LogP contribution is 2.30. The molecule has 0 aromatic heterocycles. The van der Waals surface area contributed by atoms with Gasteiger partial charge in [0.05, 0.1) is 0 Å². The number of methoxy groups -OCH3 is 1. The maximum atomic E-state index is 13.4. The Bertz CT molecular complexity index is 761. The molecule has 1 heterocycles. The zero-order chi connectivity index (χ0) is 21.5. The molecule has 1 aliphatic carbocycles. The summed E-state index contributed by atoms with van der Waals surface area (Å²) >= 11 is 0. The number of benzene rings is 1. The van der Waals surface area contributed by atoms with Gasteiger partial charge in [-0.25, -0.2) is 4.39 Å². The number of carbonyl (C=O) groups excluding carboxylic acids is 3. The SMILES string of the molecule is COCCCNC(=O)C(NC(=O)C1CC1)C1CCN(C(=O)c2cccc(F)c2)CC1. The number of nitrogens with one attached hydrogen (secondary N) is 2. The van der Waals surface area contributed by atoms with Crippen LogP contribution in [0.2, 0.25) is 0 Å². The molecule has 3 amide bonds. The summed E-state index contributed by atoms with van der Waals surface area (Å²) in [6.45, 7) is 1.97. The minimum Gasteiger partial charge on any atom is -0.385 e. The molecule has 1 atom stereocenters. The summed E-state index contributed by atoms with van der Waals surface area (Å²) in [5, 5.41) is 5.83. The Morgan fingerprint density at radius 2 is 1.93 bits per heavy atom. The monoisotopic (exact) mass is 419 g/mol. The van der Waals surface area contributed by atoms with Crippen LogP contribution in [-0.4, -0.2) is 62.0 Å². The van der Waals surface area contributed by atoms with Gasteiger partial charge in [-0.1, -0.05) is 6.07 Å². The van der Waals surface area contributed by atoms with E-state index in [1.165, 1.54) is 18.2 Å². The molecule has 1 aliphatic heterocycles. The molecule has 0 bridgehead atoms.